The minimum Gasteiger partial charge on any atom is -0.478 e. The number of halogens is 1. The van der Waals surface area contributed by atoms with Gasteiger partial charge in [0.05, 0.1) is 11.3 Å². The number of aromatic carboxylic acids is 1. The largest absolute Gasteiger partial charge is 0.478 e. The van der Waals surface area contributed by atoms with Gasteiger partial charge in [-0.3, -0.25) is 9.20 Å². The fourth-order valence-electron chi connectivity index (χ4n) is 2.31. The third-order valence-electron chi connectivity index (χ3n) is 3.66. The van der Waals surface area contributed by atoms with Crippen LogP contribution in [0.1, 0.15) is 27.2 Å². The summed E-state index contributed by atoms with van der Waals surface area (Å²) in [5, 5.41) is 9.64. The van der Waals surface area contributed by atoms with E-state index in [2.05, 4.69) is 4.98 Å². The van der Waals surface area contributed by atoms with E-state index in [1.807, 2.05) is 18.2 Å². The molecule has 120 valence electrons. The van der Waals surface area contributed by atoms with Gasteiger partial charge in [-0.05, 0) is 36.8 Å². The number of carboxylic acids is 1. The van der Waals surface area contributed by atoms with Crippen molar-refractivity contribution >= 4 is 35.4 Å². The number of hydrogen-bond acceptors (Lipinski definition) is 3. The zero-order valence-electron chi connectivity index (χ0n) is 12.7. The molecular formula is C18H13ClN2O3. The molecule has 1 aromatic carbocycles. The summed E-state index contributed by atoms with van der Waals surface area (Å²) in [6.45, 7) is 1.65. The van der Waals surface area contributed by atoms with Crippen LogP contribution in [0.3, 0.4) is 0 Å². The summed E-state index contributed by atoms with van der Waals surface area (Å²) in [7, 11) is 0. The molecule has 2 aromatic heterocycles. The molecule has 0 aliphatic carbocycles. The minimum absolute atomic E-state index is 0.0326. The van der Waals surface area contributed by atoms with E-state index in [0.717, 1.165) is 5.56 Å². The van der Waals surface area contributed by atoms with Crippen LogP contribution in [0.2, 0.25) is 5.02 Å². The maximum absolute atomic E-state index is 12.5. The van der Waals surface area contributed by atoms with Gasteiger partial charge in [0.15, 0.2) is 0 Å². The van der Waals surface area contributed by atoms with Gasteiger partial charge in [-0.15, -0.1) is 0 Å². The number of carboxylic acid groups (broad SMARTS) is 1. The van der Waals surface area contributed by atoms with E-state index in [1.165, 1.54) is 22.7 Å². The van der Waals surface area contributed by atoms with Crippen molar-refractivity contribution in [1.29, 1.82) is 0 Å². The third-order valence-corrected chi connectivity index (χ3v) is 4.00. The van der Waals surface area contributed by atoms with Crippen molar-refractivity contribution in [3.8, 4) is 0 Å². The third kappa shape index (κ3) is 2.94. The van der Waals surface area contributed by atoms with E-state index in [0.29, 0.717) is 21.9 Å². The Morgan fingerprint density at radius 3 is 2.67 bits per heavy atom. The van der Waals surface area contributed by atoms with E-state index < -0.39 is 5.97 Å². The van der Waals surface area contributed by atoms with E-state index in [-0.39, 0.29) is 11.1 Å². The maximum atomic E-state index is 12.5. The molecule has 6 heteroatoms. The molecule has 0 atom stereocenters. The molecule has 0 fully saturated rings. The smallest absolute Gasteiger partial charge is 0.337 e. The Kier molecular flexibility index (Phi) is 4.18. The summed E-state index contributed by atoms with van der Waals surface area (Å²) in [5.74, 6) is -1.09. The van der Waals surface area contributed by atoms with Crippen molar-refractivity contribution in [3.63, 3.8) is 0 Å². The molecule has 0 aliphatic rings. The summed E-state index contributed by atoms with van der Waals surface area (Å²) in [6, 6.07) is 10.3. The molecule has 0 bridgehead atoms. The number of hydrogen-bond donors (Lipinski definition) is 1. The topological polar surface area (TPSA) is 71.7 Å². The van der Waals surface area contributed by atoms with Gasteiger partial charge < -0.3 is 5.11 Å². The number of fused-ring (bicyclic) bond motifs is 1. The monoisotopic (exact) mass is 340 g/mol. The molecule has 3 rings (SSSR count). The zero-order chi connectivity index (χ0) is 17.3. The summed E-state index contributed by atoms with van der Waals surface area (Å²) in [6.07, 6.45) is 4.80. The van der Waals surface area contributed by atoms with Gasteiger partial charge in [-0.2, -0.15) is 0 Å². The van der Waals surface area contributed by atoms with Crippen molar-refractivity contribution in [1.82, 2.24) is 9.38 Å². The Morgan fingerprint density at radius 1 is 1.21 bits per heavy atom. The quantitative estimate of drug-likeness (QED) is 0.791. The first-order valence-electron chi connectivity index (χ1n) is 7.16. The fourth-order valence-corrected chi connectivity index (χ4v) is 2.51. The minimum atomic E-state index is -1.09. The standard InChI is InChI=1S/C18H13ClN2O3/c1-11-15(8-6-12-4-2-3-5-14(12)19)20-16-9-7-13(18(23)24)10-21(16)17(11)22/h2-10H,1H3,(H,23,24). The van der Waals surface area contributed by atoms with Crippen LogP contribution in [0.4, 0.5) is 0 Å². The molecule has 3 aromatic rings. The van der Waals surface area contributed by atoms with Crippen LogP contribution in [-0.2, 0) is 0 Å². The molecule has 0 aliphatic heterocycles. The number of benzene rings is 1. The van der Waals surface area contributed by atoms with Crippen LogP contribution in [0.5, 0.6) is 0 Å². The average Bonchev–Trinajstić information content (AvgIpc) is 2.57. The van der Waals surface area contributed by atoms with Crippen LogP contribution >= 0.6 is 11.6 Å². The molecular weight excluding hydrogens is 328 g/mol. The summed E-state index contributed by atoms with van der Waals surface area (Å²) in [5.41, 5.74) is 1.88. The Labute approximate surface area is 142 Å². The summed E-state index contributed by atoms with van der Waals surface area (Å²) < 4.78 is 1.24. The lowest BCUT2D eigenvalue weighted by molar-refractivity contribution is 0.0696. The maximum Gasteiger partial charge on any atom is 0.337 e. The van der Waals surface area contributed by atoms with Crippen molar-refractivity contribution in [3.05, 3.63) is 80.4 Å². The molecule has 0 unspecified atom stereocenters. The Balaban J connectivity index is 2.12. The molecule has 2 heterocycles. The van der Waals surface area contributed by atoms with E-state index in [4.69, 9.17) is 16.7 Å². The van der Waals surface area contributed by atoms with Crippen molar-refractivity contribution in [2.45, 2.75) is 6.92 Å². The molecule has 0 radical (unpaired) electrons. The second kappa shape index (κ2) is 6.29. The molecule has 0 amide bonds. The number of carbonyl (C=O) groups is 1. The first-order valence-corrected chi connectivity index (χ1v) is 7.54. The Bertz CT molecular complexity index is 1040. The lowest BCUT2D eigenvalue weighted by Crippen LogP contribution is -2.20. The highest BCUT2D eigenvalue weighted by atomic mass is 35.5. The van der Waals surface area contributed by atoms with Crippen LogP contribution in [-0.4, -0.2) is 20.5 Å². The van der Waals surface area contributed by atoms with Crippen molar-refractivity contribution < 1.29 is 9.90 Å². The highest BCUT2D eigenvalue weighted by molar-refractivity contribution is 6.32. The zero-order valence-corrected chi connectivity index (χ0v) is 13.5. The first kappa shape index (κ1) is 16.0. The lowest BCUT2D eigenvalue weighted by Gasteiger charge is -2.06. The van der Waals surface area contributed by atoms with Crippen LogP contribution < -0.4 is 5.56 Å². The highest BCUT2D eigenvalue weighted by Gasteiger charge is 2.10. The normalized spacial score (nSPS) is 11.2. The highest BCUT2D eigenvalue weighted by Crippen LogP contribution is 2.18. The molecule has 0 spiro atoms. The van der Waals surface area contributed by atoms with Gasteiger partial charge in [-0.25, -0.2) is 9.78 Å². The van der Waals surface area contributed by atoms with Gasteiger partial charge in [0.2, 0.25) is 0 Å². The van der Waals surface area contributed by atoms with Gasteiger partial charge in [0.1, 0.15) is 5.65 Å². The predicted molar refractivity (Wildman–Crippen MR) is 93.5 cm³/mol. The number of rotatable bonds is 3. The van der Waals surface area contributed by atoms with E-state index in [1.54, 1.807) is 25.1 Å². The molecule has 1 N–H and O–H groups in total. The van der Waals surface area contributed by atoms with Gasteiger partial charge in [0, 0.05) is 16.8 Å². The van der Waals surface area contributed by atoms with E-state index in [9.17, 15) is 9.59 Å². The van der Waals surface area contributed by atoms with Crippen LogP contribution in [0.25, 0.3) is 17.8 Å². The number of aromatic nitrogens is 2. The number of nitrogens with zero attached hydrogens (tertiary/aromatic N) is 2. The predicted octanol–water partition coefficient (Wildman–Crippen LogP) is 3.52. The lowest BCUT2D eigenvalue weighted by atomic mass is 10.1. The average molecular weight is 341 g/mol. The van der Waals surface area contributed by atoms with E-state index >= 15 is 0 Å². The number of pyridine rings is 1. The van der Waals surface area contributed by atoms with Crippen LogP contribution in [0, 0.1) is 6.92 Å². The second-order valence-corrected chi connectivity index (χ2v) is 5.64. The second-order valence-electron chi connectivity index (χ2n) is 5.23. The Morgan fingerprint density at radius 2 is 1.96 bits per heavy atom. The molecule has 0 saturated heterocycles. The van der Waals surface area contributed by atoms with Crippen molar-refractivity contribution in [2.24, 2.45) is 0 Å². The van der Waals surface area contributed by atoms with Gasteiger partial charge in [-0.1, -0.05) is 35.9 Å². The molecule has 24 heavy (non-hydrogen) atoms. The SMILES string of the molecule is Cc1c(C=Cc2ccccc2Cl)nc2ccc(C(=O)O)cn2c1=O. The van der Waals surface area contributed by atoms with Gasteiger partial charge in [0.25, 0.3) is 5.56 Å². The molecule has 5 nitrogen and oxygen atoms in total. The summed E-state index contributed by atoms with van der Waals surface area (Å²) in [4.78, 5) is 27.9. The molecule has 0 saturated carbocycles. The Hall–Kier alpha value is -2.92. The van der Waals surface area contributed by atoms with Crippen molar-refractivity contribution in [2.75, 3.05) is 0 Å². The first-order chi connectivity index (χ1) is 11.5. The summed E-state index contributed by atoms with van der Waals surface area (Å²) >= 11 is 6.11. The van der Waals surface area contributed by atoms with Crippen LogP contribution in [0.15, 0.2) is 47.4 Å². The fraction of sp³-hybridized carbons (Fsp3) is 0.0556. The van der Waals surface area contributed by atoms with Gasteiger partial charge >= 0.3 is 5.97 Å².